The van der Waals surface area contributed by atoms with Crippen LogP contribution in [0.25, 0.3) is 16.7 Å². The Morgan fingerprint density at radius 1 is 0.960 bits per heavy atom. The summed E-state index contributed by atoms with van der Waals surface area (Å²) in [5.41, 5.74) is 3.69. The second kappa shape index (κ2) is 6.02. The summed E-state index contributed by atoms with van der Waals surface area (Å²) in [7, 11) is 0. The van der Waals surface area contributed by atoms with Crippen LogP contribution in [0.3, 0.4) is 0 Å². The fourth-order valence-corrected chi connectivity index (χ4v) is 2.93. The van der Waals surface area contributed by atoms with Gasteiger partial charge in [0.25, 0.3) is 5.56 Å². The van der Waals surface area contributed by atoms with Crippen molar-refractivity contribution in [1.29, 1.82) is 0 Å². The lowest BCUT2D eigenvalue weighted by Gasteiger charge is -2.10. The van der Waals surface area contributed by atoms with E-state index in [4.69, 9.17) is 0 Å². The summed E-state index contributed by atoms with van der Waals surface area (Å²) in [6.07, 6.45) is 1.60. The predicted molar refractivity (Wildman–Crippen MR) is 98.1 cm³/mol. The molecule has 0 fully saturated rings. The van der Waals surface area contributed by atoms with Crippen LogP contribution in [0, 0.1) is 13.8 Å². The van der Waals surface area contributed by atoms with E-state index in [2.05, 4.69) is 22.2 Å². The van der Waals surface area contributed by atoms with E-state index < -0.39 is 0 Å². The van der Waals surface area contributed by atoms with Gasteiger partial charge in [0.05, 0.1) is 18.4 Å². The molecule has 0 saturated heterocycles. The molecule has 124 valence electrons. The van der Waals surface area contributed by atoms with Gasteiger partial charge in [-0.25, -0.2) is 9.67 Å². The average Bonchev–Trinajstić information content (AvgIpc) is 3.05. The molecule has 2 heterocycles. The lowest BCUT2D eigenvalue weighted by atomic mass is 10.1. The number of hydrogen-bond acceptors (Lipinski definition) is 3. The van der Waals surface area contributed by atoms with Gasteiger partial charge in [-0.2, -0.15) is 5.10 Å². The number of nitrogens with zero attached hydrogens (tertiary/aromatic N) is 4. The lowest BCUT2D eigenvalue weighted by molar-refractivity contribution is 0.709. The van der Waals surface area contributed by atoms with E-state index in [-0.39, 0.29) is 5.56 Å². The summed E-state index contributed by atoms with van der Waals surface area (Å²) >= 11 is 0. The number of para-hydroxylation sites is 1. The zero-order chi connectivity index (χ0) is 17.4. The van der Waals surface area contributed by atoms with Gasteiger partial charge < -0.3 is 0 Å². The maximum Gasteiger partial charge on any atom is 0.264 e. The highest BCUT2D eigenvalue weighted by molar-refractivity contribution is 5.75. The van der Waals surface area contributed by atoms with Gasteiger partial charge in [-0.05, 0) is 31.5 Å². The van der Waals surface area contributed by atoms with Gasteiger partial charge in [0.15, 0.2) is 5.65 Å². The fourth-order valence-electron chi connectivity index (χ4n) is 2.93. The molecule has 2 aromatic carbocycles. The molecule has 0 amide bonds. The quantitative estimate of drug-likeness (QED) is 0.579. The zero-order valence-electron chi connectivity index (χ0n) is 14.2. The summed E-state index contributed by atoms with van der Waals surface area (Å²) < 4.78 is 3.41. The minimum absolute atomic E-state index is 0.0646. The van der Waals surface area contributed by atoms with Crippen LogP contribution in [0.5, 0.6) is 0 Å². The van der Waals surface area contributed by atoms with Crippen LogP contribution in [0.2, 0.25) is 0 Å². The molecular weight excluding hydrogens is 312 g/mol. The minimum atomic E-state index is -0.0646. The van der Waals surface area contributed by atoms with Crippen molar-refractivity contribution in [3.63, 3.8) is 0 Å². The number of benzene rings is 2. The smallest absolute Gasteiger partial charge is 0.264 e. The number of hydrogen-bond donors (Lipinski definition) is 0. The van der Waals surface area contributed by atoms with E-state index in [1.54, 1.807) is 15.4 Å². The summed E-state index contributed by atoms with van der Waals surface area (Å²) in [4.78, 5) is 17.6. The standard InChI is InChI=1S/C20H18N4O/c1-14-8-10-16(11-9-14)13-23-15(2)22-19-18(20(23)25)12-21-24(19)17-6-4-3-5-7-17/h3-12H,13H2,1-2H3. The molecule has 0 atom stereocenters. The Morgan fingerprint density at radius 2 is 1.68 bits per heavy atom. The van der Waals surface area contributed by atoms with Crippen LogP contribution >= 0.6 is 0 Å². The molecule has 0 aliphatic rings. The van der Waals surface area contributed by atoms with Crippen LogP contribution in [0.15, 0.2) is 65.6 Å². The van der Waals surface area contributed by atoms with Gasteiger partial charge in [0.2, 0.25) is 0 Å². The molecule has 0 bridgehead atoms. The van der Waals surface area contributed by atoms with Crippen LogP contribution < -0.4 is 5.56 Å². The average molecular weight is 330 g/mol. The number of rotatable bonds is 3. The number of aromatic nitrogens is 4. The maximum atomic E-state index is 12.9. The molecule has 0 aliphatic carbocycles. The van der Waals surface area contributed by atoms with E-state index in [1.165, 1.54) is 5.56 Å². The molecule has 0 unspecified atom stereocenters. The Labute approximate surface area is 145 Å². The fraction of sp³-hybridized carbons (Fsp3) is 0.150. The van der Waals surface area contributed by atoms with Crippen molar-refractivity contribution in [3.8, 4) is 5.69 Å². The van der Waals surface area contributed by atoms with E-state index in [9.17, 15) is 4.79 Å². The van der Waals surface area contributed by atoms with Crippen LogP contribution in [0.4, 0.5) is 0 Å². The molecule has 0 spiro atoms. The van der Waals surface area contributed by atoms with Crippen LogP contribution in [0.1, 0.15) is 17.0 Å². The third kappa shape index (κ3) is 2.74. The molecule has 0 saturated carbocycles. The Kier molecular flexibility index (Phi) is 3.69. The van der Waals surface area contributed by atoms with Crippen molar-refractivity contribution in [2.75, 3.05) is 0 Å². The topological polar surface area (TPSA) is 52.7 Å². The van der Waals surface area contributed by atoms with E-state index in [0.717, 1.165) is 11.3 Å². The molecule has 0 aliphatic heterocycles. The van der Waals surface area contributed by atoms with Crippen molar-refractivity contribution < 1.29 is 0 Å². The summed E-state index contributed by atoms with van der Waals surface area (Å²) in [6.45, 7) is 4.41. The summed E-state index contributed by atoms with van der Waals surface area (Å²) in [5.74, 6) is 0.677. The Balaban J connectivity index is 1.83. The first kappa shape index (κ1) is 15.3. The first-order chi connectivity index (χ1) is 12.1. The monoisotopic (exact) mass is 330 g/mol. The van der Waals surface area contributed by atoms with Crippen molar-refractivity contribution in [2.45, 2.75) is 20.4 Å². The normalized spacial score (nSPS) is 11.1. The van der Waals surface area contributed by atoms with Gasteiger partial charge in [-0.15, -0.1) is 0 Å². The van der Waals surface area contributed by atoms with Gasteiger partial charge >= 0.3 is 0 Å². The van der Waals surface area contributed by atoms with E-state index in [1.807, 2.05) is 56.3 Å². The molecule has 25 heavy (non-hydrogen) atoms. The van der Waals surface area contributed by atoms with Crippen molar-refractivity contribution in [3.05, 3.63) is 88.1 Å². The van der Waals surface area contributed by atoms with Crippen molar-refractivity contribution in [1.82, 2.24) is 19.3 Å². The molecule has 4 rings (SSSR count). The largest absolute Gasteiger partial charge is 0.292 e. The lowest BCUT2D eigenvalue weighted by Crippen LogP contribution is -2.24. The van der Waals surface area contributed by atoms with Gasteiger partial charge in [0.1, 0.15) is 11.2 Å². The minimum Gasteiger partial charge on any atom is -0.292 e. The van der Waals surface area contributed by atoms with Crippen molar-refractivity contribution >= 4 is 11.0 Å². The van der Waals surface area contributed by atoms with E-state index >= 15 is 0 Å². The molecule has 5 heteroatoms. The second-order valence-corrected chi connectivity index (χ2v) is 6.17. The Hall–Kier alpha value is -3.21. The second-order valence-electron chi connectivity index (χ2n) is 6.17. The first-order valence-electron chi connectivity index (χ1n) is 8.19. The third-order valence-electron chi connectivity index (χ3n) is 4.34. The Morgan fingerprint density at radius 3 is 2.40 bits per heavy atom. The van der Waals surface area contributed by atoms with Gasteiger partial charge in [-0.3, -0.25) is 9.36 Å². The van der Waals surface area contributed by atoms with Crippen molar-refractivity contribution in [2.24, 2.45) is 0 Å². The molecule has 0 N–H and O–H groups in total. The third-order valence-corrected chi connectivity index (χ3v) is 4.34. The SMILES string of the molecule is Cc1ccc(Cn2c(C)nc3c(cnn3-c3ccccc3)c2=O)cc1. The molecule has 4 aromatic rings. The molecule has 2 aromatic heterocycles. The van der Waals surface area contributed by atoms with E-state index in [0.29, 0.717) is 23.4 Å². The van der Waals surface area contributed by atoms with Crippen LogP contribution in [-0.4, -0.2) is 19.3 Å². The number of fused-ring (bicyclic) bond motifs is 1. The summed E-state index contributed by atoms with van der Waals surface area (Å²) in [5, 5.41) is 4.90. The predicted octanol–water partition coefficient (Wildman–Crippen LogP) is 3.25. The summed E-state index contributed by atoms with van der Waals surface area (Å²) in [6, 6.07) is 17.9. The highest BCUT2D eigenvalue weighted by Crippen LogP contribution is 2.15. The molecular formula is C20H18N4O. The highest BCUT2D eigenvalue weighted by atomic mass is 16.1. The number of aryl methyl sites for hydroxylation is 2. The Bertz CT molecular complexity index is 1090. The van der Waals surface area contributed by atoms with Gasteiger partial charge in [-0.1, -0.05) is 48.0 Å². The van der Waals surface area contributed by atoms with Gasteiger partial charge in [0, 0.05) is 0 Å². The molecule has 0 radical (unpaired) electrons. The first-order valence-corrected chi connectivity index (χ1v) is 8.19. The molecule has 5 nitrogen and oxygen atoms in total. The zero-order valence-corrected chi connectivity index (χ0v) is 14.2. The maximum absolute atomic E-state index is 12.9. The highest BCUT2D eigenvalue weighted by Gasteiger charge is 2.14. The van der Waals surface area contributed by atoms with Crippen LogP contribution in [-0.2, 0) is 6.54 Å².